The molecule has 0 saturated heterocycles. The Labute approximate surface area is 108 Å². The highest BCUT2D eigenvalue weighted by Crippen LogP contribution is 2.60. The molecule has 3 nitrogen and oxygen atoms in total. The van der Waals surface area contributed by atoms with Gasteiger partial charge in [0.1, 0.15) is 5.60 Å². The lowest BCUT2D eigenvalue weighted by atomic mass is 9.49. The molecule has 0 spiro atoms. The molecule has 4 saturated carbocycles. The normalized spacial score (nSPS) is 44.2. The first kappa shape index (κ1) is 12.9. The van der Waals surface area contributed by atoms with Gasteiger partial charge < -0.3 is 4.74 Å². The minimum absolute atomic E-state index is 0.212. The van der Waals surface area contributed by atoms with Crippen LogP contribution in [0.1, 0.15) is 32.1 Å². The fourth-order valence-electron chi connectivity index (χ4n) is 4.86. The molecule has 6 heteroatoms. The molecule has 19 heavy (non-hydrogen) atoms. The van der Waals surface area contributed by atoms with Crippen molar-refractivity contribution in [2.75, 3.05) is 0 Å². The van der Waals surface area contributed by atoms with E-state index in [0.717, 1.165) is 6.42 Å². The summed E-state index contributed by atoms with van der Waals surface area (Å²) < 4.78 is 43.4. The molecule has 0 aromatic heterocycles. The molecule has 3 unspecified atom stereocenters. The van der Waals surface area contributed by atoms with E-state index in [-0.39, 0.29) is 12.4 Å². The zero-order chi connectivity index (χ0) is 13.8. The van der Waals surface area contributed by atoms with Crippen LogP contribution in [0.4, 0.5) is 13.2 Å². The molecule has 0 radical (unpaired) electrons. The molecule has 0 amide bonds. The Morgan fingerprint density at radius 1 is 1.16 bits per heavy atom. The van der Waals surface area contributed by atoms with Gasteiger partial charge in [-0.3, -0.25) is 9.59 Å². The number of rotatable bonds is 3. The quantitative estimate of drug-likeness (QED) is 0.744. The summed E-state index contributed by atoms with van der Waals surface area (Å²) in [5, 5.41) is 0. The number of alkyl halides is 3. The SMILES string of the molecule is O=COC12CC3CC(CC(C3)C1C(=O)C(F)(F)F)C2. The Bertz CT molecular complexity index is 404. The molecule has 4 rings (SSSR count). The third-order valence-corrected chi connectivity index (χ3v) is 5.09. The number of halogens is 3. The summed E-state index contributed by atoms with van der Waals surface area (Å²) in [6.07, 6.45) is -1.72. The summed E-state index contributed by atoms with van der Waals surface area (Å²) in [6, 6.07) is 0. The van der Waals surface area contributed by atoms with Gasteiger partial charge in [-0.25, -0.2) is 0 Å². The van der Waals surface area contributed by atoms with Gasteiger partial charge >= 0.3 is 6.18 Å². The minimum Gasteiger partial charge on any atom is -0.460 e. The number of ether oxygens (including phenoxy) is 1. The van der Waals surface area contributed by atoms with Gasteiger partial charge in [0.2, 0.25) is 5.78 Å². The van der Waals surface area contributed by atoms with Crippen LogP contribution < -0.4 is 0 Å². The van der Waals surface area contributed by atoms with Gasteiger partial charge in [0.25, 0.3) is 6.47 Å². The fourth-order valence-corrected chi connectivity index (χ4v) is 4.86. The first-order valence-electron chi connectivity index (χ1n) is 6.58. The minimum atomic E-state index is -4.85. The van der Waals surface area contributed by atoms with Crippen LogP contribution >= 0.6 is 0 Å². The zero-order valence-corrected chi connectivity index (χ0v) is 10.3. The number of carbonyl (C=O) groups excluding carboxylic acids is 2. The average Bonchev–Trinajstić information content (AvgIpc) is 2.25. The van der Waals surface area contributed by atoms with Crippen LogP contribution in [0.15, 0.2) is 0 Å². The van der Waals surface area contributed by atoms with Crippen molar-refractivity contribution in [3.05, 3.63) is 0 Å². The predicted molar refractivity (Wildman–Crippen MR) is 58.0 cm³/mol. The largest absolute Gasteiger partial charge is 0.460 e. The number of Topliss-reactive ketones (excluding diaryl/α,β-unsaturated/α-hetero) is 1. The molecule has 106 valence electrons. The molecule has 3 atom stereocenters. The molecule has 4 fully saturated rings. The van der Waals surface area contributed by atoms with E-state index in [1.165, 1.54) is 0 Å². The Morgan fingerprint density at radius 3 is 2.21 bits per heavy atom. The van der Waals surface area contributed by atoms with E-state index in [2.05, 4.69) is 0 Å². The second-order valence-corrected chi connectivity index (χ2v) is 6.23. The van der Waals surface area contributed by atoms with Crippen LogP contribution in [0.3, 0.4) is 0 Å². The summed E-state index contributed by atoms with van der Waals surface area (Å²) in [7, 11) is 0. The number of carbonyl (C=O) groups is 2. The van der Waals surface area contributed by atoms with Crippen LogP contribution in [-0.4, -0.2) is 24.0 Å². The van der Waals surface area contributed by atoms with Gasteiger partial charge in [-0.05, 0) is 49.9 Å². The van der Waals surface area contributed by atoms with E-state index in [0.29, 0.717) is 37.5 Å². The van der Waals surface area contributed by atoms with Gasteiger partial charge in [-0.2, -0.15) is 13.2 Å². The molecule has 4 bridgehead atoms. The van der Waals surface area contributed by atoms with Gasteiger partial charge in [0, 0.05) is 0 Å². The maximum absolute atomic E-state index is 12.8. The molecule has 0 aromatic carbocycles. The molecule has 0 heterocycles. The van der Waals surface area contributed by atoms with Crippen LogP contribution in [0.5, 0.6) is 0 Å². The van der Waals surface area contributed by atoms with Crippen molar-refractivity contribution < 1.29 is 27.5 Å². The van der Waals surface area contributed by atoms with Crippen LogP contribution in [0.25, 0.3) is 0 Å². The summed E-state index contributed by atoms with van der Waals surface area (Å²) in [5.74, 6) is -2.58. The smallest absolute Gasteiger partial charge is 0.450 e. The van der Waals surface area contributed by atoms with E-state index < -0.39 is 23.5 Å². The monoisotopic (exact) mass is 276 g/mol. The Kier molecular flexibility index (Phi) is 2.70. The Balaban J connectivity index is 1.97. The maximum atomic E-state index is 12.8. The lowest BCUT2D eigenvalue weighted by molar-refractivity contribution is -0.219. The standard InChI is InChI=1S/C13H15F3O3/c14-13(15,16)11(18)10-9-2-7-1-8(3-9)5-12(10,4-7)19-6-17/h6-10H,1-5H2. The van der Waals surface area contributed by atoms with Gasteiger partial charge in [0.15, 0.2) is 0 Å². The second kappa shape index (κ2) is 3.96. The molecule has 0 aromatic rings. The third-order valence-electron chi connectivity index (χ3n) is 5.09. The van der Waals surface area contributed by atoms with Crippen LogP contribution in [0, 0.1) is 23.7 Å². The van der Waals surface area contributed by atoms with Crippen molar-refractivity contribution >= 4 is 12.3 Å². The highest BCUT2D eigenvalue weighted by molar-refractivity contribution is 5.88. The van der Waals surface area contributed by atoms with Crippen LogP contribution in [-0.2, 0) is 14.3 Å². The molecule has 0 N–H and O–H groups in total. The average molecular weight is 276 g/mol. The van der Waals surface area contributed by atoms with Crippen molar-refractivity contribution in [1.29, 1.82) is 0 Å². The maximum Gasteiger partial charge on any atom is 0.450 e. The topological polar surface area (TPSA) is 43.4 Å². The van der Waals surface area contributed by atoms with E-state index >= 15 is 0 Å². The van der Waals surface area contributed by atoms with Crippen molar-refractivity contribution in [3.8, 4) is 0 Å². The molecule has 4 aliphatic rings. The second-order valence-electron chi connectivity index (χ2n) is 6.23. The zero-order valence-electron chi connectivity index (χ0n) is 10.3. The number of hydrogen-bond acceptors (Lipinski definition) is 3. The summed E-state index contributed by atoms with van der Waals surface area (Å²) in [4.78, 5) is 22.4. The molecular weight excluding hydrogens is 261 g/mol. The van der Waals surface area contributed by atoms with E-state index in [1.54, 1.807) is 0 Å². The van der Waals surface area contributed by atoms with Crippen molar-refractivity contribution in [2.45, 2.75) is 43.9 Å². The molecular formula is C13H15F3O3. The first-order valence-corrected chi connectivity index (χ1v) is 6.58. The van der Waals surface area contributed by atoms with E-state index in [9.17, 15) is 22.8 Å². The van der Waals surface area contributed by atoms with E-state index in [1.807, 2.05) is 0 Å². The Morgan fingerprint density at radius 2 is 1.74 bits per heavy atom. The number of hydrogen-bond donors (Lipinski definition) is 0. The third kappa shape index (κ3) is 1.87. The predicted octanol–water partition coefficient (Wildman–Crippen LogP) is 2.49. The molecule has 0 aliphatic heterocycles. The lowest BCUT2D eigenvalue weighted by Gasteiger charge is -2.59. The van der Waals surface area contributed by atoms with Crippen molar-refractivity contribution in [2.24, 2.45) is 23.7 Å². The summed E-state index contributed by atoms with van der Waals surface area (Å²) in [6.45, 7) is 0.212. The van der Waals surface area contributed by atoms with Gasteiger partial charge in [-0.15, -0.1) is 0 Å². The van der Waals surface area contributed by atoms with Crippen molar-refractivity contribution in [3.63, 3.8) is 0 Å². The number of ketones is 1. The van der Waals surface area contributed by atoms with Gasteiger partial charge in [0.05, 0.1) is 5.92 Å². The lowest BCUT2D eigenvalue weighted by Crippen LogP contribution is -2.62. The highest BCUT2D eigenvalue weighted by Gasteiger charge is 2.64. The van der Waals surface area contributed by atoms with Crippen molar-refractivity contribution in [1.82, 2.24) is 0 Å². The summed E-state index contributed by atoms with van der Waals surface area (Å²) >= 11 is 0. The molecule has 4 aliphatic carbocycles. The highest BCUT2D eigenvalue weighted by atomic mass is 19.4. The summed E-state index contributed by atoms with van der Waals surface area (Å²) in [5.41, 5.74) is -1.19. The van der Waals surface area contributed by atoms with E-state index in [4.69, 9.17) is 4.74 Å². The fraction of sp³-hybridized carbons (Fsp3) is 0.846. The van der Waals surface area contributed by atoms with Gasteiger partial charge in [-0.1, -0.05) is 0 Å². The van der Waals surface area contributed by atoms with Crippen LogP contribution in [0.2, 0.25) is 0 Å². The Hall–Kier alpha value is -1.07. The first-order chi connectivity index (χ1) is 8.86.